The van der Waals surface area contributed by atoms with Gasteiger partial charge in [-0.2, -0.15) is 0 Å². The minimum atomic E-state index is -0.446. The highest BCUT2D eigenvalue weighted by molar-refractivity contribution is 7.07. The molecule has 4 rings (SSSR count). The van der Waals surface area contributed by atoms with Gasteiger partial charge >= 0.3 is 0 Å². The van der Waals surface area contributed by atoms with Crippen molar-refractivity contribution in [1.29, 1.82) is 0 Å². The summed E-state index contributed by atoms with van der Waals surface area (Å²) in [5, 5.41) is 7.79. The molecule has 1 amide bonds. The van der Waals surface area contributed by atoms with E-state index in [4.69, 9.17) is 39.5 Å². The first-order valence-electron chi connectivity index (χ1n) is 9.14. The summed E-state index contributed by atoms with van der Waals surface area (Å²) in [7, 11) is 0. The van der Waals surface area contributed by atoms with Crippen LogP contribution in [-0.2, 0) is 4.79 Å². The van der Waals surface area contributed by atoms with Crippen LogP contribution in [0.1, 0.15) is 0 Å². The zero-order valence-electron chi connectivity index (χ0n) is 16.2. The fourth-order valence-corrected chi connectivity index (χ4v) is 4.24. The van der Waals surface area contributed by atoms with E-state index in [1.54, 1.807) is 24.3 Å². The number of hydrogen-bond donors (Lipinski definition) is 1. The standard InChI is InChI=1S/C21H14Cl3N5O2S/c22-13-1-4-15(5-2-13)29-18(16-6-3-14(23)9-17(16)24)12-32-21(29)28-27-19(30)11-31-20-10-25-7-8-26-20/h1-10,12H,11H2,(H,27,30)/b28-21-. The lowest BCUT2D eigenvalue weighted by molar-refractivity contribution is -0.123. The van der Waals surface area contributed by atoms with E-state index in [0.29, 0.717) is 19.9 Å². The van der Waals surface area contributed by atoms with Crippen LogP contribution < -0.4 is 15.0 Å². The van der Waals surface area contributed by atoms with Crippen LogP contribution in [-0.4, -0.2) is 27.0 Å². The van der Waals surface area contributed by atoms with Gasteiger partial charge in [0.05, 0.1) is 16.9 Å². The number of thiazole rings is 1. The molecule has 162 valence electrons. The number of rotatable bonds is 6. The normalized spacial score (nSPS) is 11.4. The molecule has 0 bridgehead atoms. The third-order valence-corrected chi connectivity index (χ3v) is 5.79. The summed E-state index contributed by atoms with van der Waals surface area (Å²) in [5.74, 6) is -0.201. The second kappa shape index (κ2) is 10.1. The third-order valence-electron chi connectivity index (χ3n) is 4.17. The van der Waals surface area contributed by atoms with Crippen molar-refractivity contribution in [3.63, 3.8) is 0 Å². The third kappa shape index (κ3) is 5.28. The van der Waals surface area contributed by atoms with E-state index in [-0.39, 0.29) is 12.5 Å². The molecule has 7 nitrogen and oxygen atoms in total. The van der Waals surface area contributed by atoms with Crippen LogP contribution >= 0.6 is 46.1 Å². The number of nitrogens with one attached hydrogen (secondary N) is 1. The molecular weight excluding hydrogens is 493 g/mol. The predicted octanol–water partition coefficient (Wildman–Crippen LogP) is 4.97. The number of carbonyl (C=O) groups is 1. The summed E-state index contributed by atoms with van der Waals surface area (Å²) in [6, 6.07) is 12.5. The second-order valence-electron chi connectivity index (χ2n) is 6.32. The van der Waals surface area contributed by atoms with Gasteiger partial charge in [0.15, 0.2) is 6.61 Å². The molecule has 0 aliphatic carbocycles. The monoisotopic (exact) mass is 505 g/mol. The van der Waals surface area contributed by atoms with Gasteiger partial charge in [0.1, 0.15) is 0 Å². The van der Waals surface area contributed by atoms with E-state index in [1.807, 2.05) is 28.1 Å². The molecule has 0 aliphatic heterocycles. The van der Waals surface area contributed by atoms with Crippen molar-refractivity contribution in [3.8, 4) is 22.8 Å². The van der Waals surface area contributed by atoms with Crippen molar-refractivity contribution in [2.45, 2.75) is 0 Å². The van der Waals surface area contributed by atoms with Crippen LogP contribution in [0.2, 0.25) is 15.1 Å². The minimum absolute atomic E-state index is 0.245. The zero-order chi connectivity index (χ0) is 22.5. The number of amides is 1. The molecule has 0 unspecified atom stereocenters. The predicted molar refractivity (Wildman–Crippen MR) is 125 cm³/mol. The molecule has 0 aliphatic rings. The highest BCUT2D eigenvalue weighted by Gasteiger charge is 2.14. The van der Waals surface area contributed by atoms with Crippen LogP contribution in [0.25, 0.3) is 16.9 Å². The van der Waals surface area contributed by atoms with Gasteiger partial charge in [-0.15, -0.1) is 16.4 Å². The van der Waals surface area contributed by atoms with Crippen molar-refractivity contribution in [2.75, 3.05) is 6.61 Å². The largest absolute Gasteiger partial charge is 0.466 e. The van der Waals surface area contributed by atoms with Gasteiger partial charge < -0.3 is 4.74 Å². The van der Waals surface area contributed by atoms with Crippen molar-refractivity contribution < 1.29 is 9.53 Å². The number of carbonyl (C=O) groups excluding carboxylic acids is 1. The Labute approximate surface area is 201 Å². The van der Waals surface area contributed by atoms with E-state index < -0.39 is 5.91 Å². The maximum atomic E-state index is 12.2. The van der Waals surface area contributed by atoms with E-state index in [9.17, 15) is 4.79 Å². The van der Waals surface area contributed by atoms with Crippen LogP contribution in [0, 0.1) is 0 Å². The maximum Gasteiger partial charge on any atom is 0.278 e. The van der Waals surface area contributed by atoms with Gasteiger partial charge in [-0.3, -0.25) is 14.3 Å². The van der Waals surface area contributed by atoms with Crippen molar-refractivity contribution in [3.05, 3.63) is 86.3 Å². The smallest absolute Gasteiger partial charge is 0.278 e. The van der Waals surface area contributed by atoms with Crippen LogP contribution in [0.5, 0.6) is 5.88 Å². The Kier molecular flexibility index (Phi) is 7.06. The number of aromatic nitrogens is 3. The first-order valence-corrected chi connectivity index (χ1v) is 11.2. The van der Waals surface area contributed by atoms with Gasteiger partial charge in [0.25, 0.3) is 5.91 Å². The average Bonchev–Trinajstić information content (AvgIpc) is 3.21. The fraction of sp³-hybridized carbons (Fsp3) is 0.0476. The Bertz CT molecular complexity index is 1310. The summed E-state index contributed by atoms with van der Waals surface area (Å²) in [6.07, 6.45) is 4.40. The summed E-state index contributed by atoms with van der Waals surface area (Å²) in [5.41, 5.74) is 4.84. The SMILES string of the molecule is O=C(COc1cnccn1)N/N=c1\scc(-c2ccc(Cl)cc2Cl)n1-c1ccc(Cl)cc1. The molecule has 0 spiro atoms. The van der Waals surface area contributed by atoms with Crippen LogP contribution in [0.3, 0.4) is 0 Å². The topological polar surface area (TPSA) is 81.4 Å². The zero-order valence-corrected chi connectivity index (χ0v) is 19.3. The van der Waals surface area contributed by atoms with Gasteiger partial charge in [0.2, 0.25) is 10.7 Å². The molecule has 0 radical (unpaired) electrons. The maximum absolute atomic E-state index is 12.2. The summed E-state index contributed by atoms with van der Waals surface area (Å²) in [4.78, 5) is 20.6. The number of ether oxygens (including phenoxy) is 1. The number of benzene rings is 2. The lowest BCUT2D eigenvalue weighted by Gasteiger charge is -2.11. The minimum Gasteiger partial charge on any atom is -0.466 e. The van der Waals surface area contributed by atoms with Gasteiger partial charge in [-0.05, 0) is 42.5 Å². The van der Waals surface area contributed by atoms with Crippen molar-refractivity contribution >= 4 is 52.0 Å². The van der Waals surface area contributed by atoms with Crippen molar-refractivity contribution in [2.24, 2.45) is 5.10 Å². The molecule has 0 atom stereocenters. The van der Waals surface area contributed by atoms with E-state index in [2.05, 4.69) is 20.5 Å². The first-order chi connectivity index (χ1) is 15.5. The van der Waals surface area contributed by atoms with Crippen molar-refractivity contribution in [1.82, 2.24) is 20.0 Å². The number of nitrogens with zero attached hydrogens (tertiary/aromatic N) is 4. The summed E-state index contributed by atoms with van der Waals surface area (Å²) < 4.78 is 7.15. The molecule has 2 aromatic carbocycles. The lowest BCUT2D eigenvalue weighted by atomic mass is 10.1. The molecule has 4 aromatic rings. The number of halogens is 3. The molecule has 0 saturated carbocycles. The Morgan fingerprint density at radius 2 is 1.88 bits per heavy atom. The van der Waals surface area contributed by atoms with Gasteiger partial charge in [0, 0.05) is 39.1 Å². The highest BCUT2D eigenvalue weighted by Crippen LogP contribution is 2.32. The molecule has 32 heavy (non-hydrogen) atoms. The lowest BCUT2D eigenvalue weighted by Crippen LogP contribution is -2.28. The molecule has 0 fully saturated rings. The molecular formula is C21H14Cl3N5O2S. The van der Waals surface area contributed by atoms with Gasteiger partial charge in [-0.1, -0.05) is 34.8 Å². The van der Waals surface area contributed by atoms with Crippen LogP contribution in [0.15, 0.2) is 71.5 Å². The average molecular weight is 507 g/mol. The number of hydrogen-bond acceptors (Lipinski definition) is 6. The summed E-state index contributed by atoms with van der Waals surface area (Å²) >= 11 is 19.9. The molecule has 2 heterocycles. The highest BCUT2D eigenvalue weighted by atomic mass is 35.5. The fourth-order valence-electron chi connectivity index (χ4n) is 2.76. The summed E-state index contributed by atoms with van der Waals surface area (Å²) in [6.45, 7) is -0.260. The molecule has 2 aromatic heterocycles. The van der Waals surface area contributed by atoms with E-state index in [0.717, 1.165) is 16.9 Å². The first kappa shape index (κ1) is 22.3. The molecule has 11 heteroatoms. The van der Waals surface area contributed by atoms with E-state index >= 15 is 0 Å². The Balaban J connectivity index is 1.66. The molecule has 0 saturated heterocycles. The Hall–Kier alpha value is -2.91. The Morgan fingerprint density at radius 1 is 1.09 bits per heavy atom. The van der Waals surface area contributed by atoms with E-state index in [1.165, 1.54) is 29.9 Å². The van der Waals surface area contributed by atoms with Gasteiger partial charge in [-0.25, -0.2) is 10.4 Å². The molecule has 1 N–H and O–H groups in total. The second-order valence-corrected chi connectivity index (χ2v) is 8.44. The quantitative estimate of drug-likeness (QED) is 0.375. The Morgan fingerprint density at radius 3 is 2.59 bits per heavy atom. The van der Waals surface area contributed by atoms with Crippen LogP contribution in [0.4, 0.5) is 0 Å².